The van der Waals surface area contributed by atoms with E-state index >= 15 is 0 Å². The maximum atomic E-state index is 8.89. The number of rotatable bonds is 6. The van der Waals surface area contributed by atoms with Gasteiger partial charge in [0, 0.05) is 30.4 Å². The minimum atomic E-state index is 0.145. The molecule has 0 aliphatic carbocycles. The molecule has 1 unspecified atom stereocenters. The summed E-state index contributed by atoms with van der Waals surface area (Å²) in [5.74, 6) is 0.145. The molecule has 0 fully saturated rings. The van der Waals surface area contributed by atoms with Crippen LogP contribution in [0.1, 0.15) is 19.4 Å². The average molecular weight is 264 g/mol. The third-order valence-electron chi connectivity index (χ3n) is 3.10. The summed E-state index contributed by atoms with van der Waals surface area (Å²) in [6.45, 7) is 6.09. The summed E-state index contributed by atoms with van der Waals surface area (Å²) in [6.07, 6.45) is 0. The topological polar surface area (TPSA) is 65.1 Å². The smallest absolute Gasteiger partial charge is 0.172 e. The van der Waals surface area contributed by atoms with Gasteiger partial charge in [-0.3, -0.25) is 0 Å². The first-order chi connectivity index (χ1) is 9.01. The van der Waals surface area contributed by atoms with Gasteiger partial charge in [-0.05, 0) is 40.1 Å². The van der Waals surface area contributed by atoms with Crippen LogP contribution in [0.25, 0.3) is 0 Å². The maximum Gasteiger partial charge on any atom is 0.172 e. The number of oxime groups is 1. The lowest BCUT2D eigenvalue weighted by Gasteiger charge is -2.33. The van der Waals surface area contributed by atoms with Crippen LogP contribution in [0.2, 0.25) is 0 Å². The van der Waals surface area contributed by atoms with Gasteiger partial charge in [-0.2, -0.15) is 0 Å². The Morgan fingerprint density at radius 3 is 2.53 bits per heavy atom. The molecule has 0 bridgehead atoms. The summed E-state index contributed by atoms with van der Waals surface area (Å²) in [7, 11) is 4.11. The number of likely N-dealkylation sites (N-methyl/N-ethyl adjacent to an activating group) is 2. The standard InChI is InChI=1S/C14H24N4O/c1-5-18(11(2)10-17(3)4)13-9-7-6-8-12(13)14(15)16-19/h6-9,11,19H,5,10H2,1-4H3,(H2,15,16). The first kappa shape index (κ1) is 15.3. The molecule has 0 spiro atoms. The van der Waals surface area contributed by atoms with E-state index in [2.05, 4.69) is 42.9 Å². The first-order valence-electron chi connectivity index (χ1n) is 6.49. The fraction of sp³-hybridized carbons (Fsp3) is 0.500. The molecule has 0 saturated carbocycles. The van der Waals surface area contributed by atoms with Gasteiger partial charge in [0.05, 0.1) is 0 Å². The van der Waals surface area contributed by atoms with Crippen LogP contribution in [0.5, 0.6) is 0 Å². The van der Waals surface area contributed by atoms with Crippen LogP contribution >= 0.6 is 0 Å². The molecule has 0 aliphatic heterocycles. The second-order valence-electron chi connectivity index (χ2n) is 4.90. The molecule has 0 heterocycles. The average Bonchev–Trinajstić information content (AvgIpc) is 2.38. The number of benzene rings is 1. The summed E-state index contributed by atoms with van der Waals surface area (Å²) in [5, 5.41) is 12.0. The predicted molar refractivity (Wildman–Crippen MR) is 80.0 cm³/mol. The highest BCUT2D eigenvalue weighted by molar-refractivity contribution is 6.02. The van der Waals surface area contributed by atoms with Crippen molar-refractivity contribution in [2.75, 3.05) is 32.1 Å². The number of nitrogens with two attached hydrogens (primary N) is 1. The lowest BCUT2D eigenvalue weighted by molar-refractivity contribution is 0.318. The van der Waals surface area contributed by atoms with E-state index in [1.54, 1.807) is 0 Å². The Hall–Kier alpha value is -1.75. The molecular formula is C14H24N4O. The van der Waals surface area contributed by atoms with E-state index in [0.717, 1.165) is 24.3 Å². The molecule has 0 amide bonds. The van der Waals surface area contributed by atoms with Crippen LogP contribution in [-0.4, -0.2) is 49.2 Å². The fourth-order valence-corrected chi connectivity index (χ4v) is 2.34. The van der Waals surface area contributed by atoms with E-state index in [-0.39, 0.29) is 5.84 Å². The van der Waals surface area contributed by atoms with E-state index in [1.807, 2.05) is 24.3 Å². The molecule has 0 aliphatic rings. The number of amidine groups is 1. The minimum absolute atomic E-state index is 0.145. The van der Waals surface area contributed by atoms with Gasteiger partial charge in [-0.25, -0.2) is 0 Å². The van der Waals surface area contributed by atoms with Gasteiger partial charge in [0.1, 0.15) is 0 Å². The minimum Gasteiger partial charge on any atom is -0.409 e. The zero-order valence-electron chi connectivity index (χ0n) is 12.2. The highest BCUT2D eigenvalue weighted by atomic mass is 16.4. The van der Waals surface area contributed by atoms with Crippen LogP contribution in [0, 0.1) is 0 Å². The molecular weight excluding hydrogens is 240 g/mol. The van der Waals surface area contributed by atoms with Crippen molar-refractivity contribution in [1.29, 1.82) is 0 Å². The third-order valence-corrected chi connectivity index (χ3v) is 3.10. The highest BCUT2D eigenvalue weighted by Crippen LogP contribution is 2.22. The first-order valence-corrected chi connectivity index (χ1v) is 6.49. The van der Waals surface area contributed by atoms with Crippen molar-refractivity contribution in [3.8, 4) is 0 Å². The van der Waals surface area contributed by atoms with Crippen LogP contribution < -0.4 is 10.6 Å². The molecule has 1 aromatic rings. The van der Waals surface area contributed by atoms with Gasteiger partial charge < -0.3 is 20.7 Å². The van der Waals surface area contributed by atoms with Crippen LogP contribution in [0.4, 0.5) is 5.69 Å². The molecule has 0 saturated heterocycles. The van der Waals surface area contributed by atoms with Crippen molar-refractivity contribution < 1.29 is 5.21 Å². The predicted octanol–water partition coefficient (Wildman–Crippen LogP) is 1.56. The number of para-hydroxylation sites is 1. The molecule has 1 atom stereocenters. The molecule has 19 heavy (non-hydrogen) atoms. The molecule has 3 N–H and O–H groups in total. The molecule has 5 nitrogen and oxygen atoms in total. The van der Waals surface area contributed by atoms with Crippen molar-refractivity contribution in [1.82, 2.24) is 4.90 Å². The van der Waals surface area contributed by atoms with Gasteiger partial charge >= 0.3 is 0 Å². The van der Waals surface area contributed by atoms with Gasteiger partial charge in [-0.1, -0.05) is 17.3 Å². The van der Waals surface area contributed by atoms with E-state index in [0.29, 0.717) is 6.04 Å². The number of anilines is 1. The second kappa shape index (κ2) is 6.99. The van der Waals surface area contributed by atoms with Crippen LogP contribution in [0.15, 0.2) is 29.4 Å². The lowest BCUT2D eigenvalue weighted by atomic mass is 10.1. The monoisotopic (exact) mass is 264 g/mol. The van der Waals surface area contributed by atoms with Crippen molar-refractivity contribution in [2.45, 2.75) is 19.9 Å². The summed E-state index contributed by atoms with van der Waals surface area (Å²) in [6, 6.07) is 8.07. The van der Waals surface area contributed by atoms with Crippen molar-refractivity contribution in [2.24, 2.45) is 10.9 Å². The van der Waals surface area contributed by atoms with E-state index in [4.69, 9.17) is 10.9 Å². The van der Waals surface area contributed by atoms with E-state index < -0.39 is 0 Å². The summed E-state index contributed by atoms with van der Waals surface area (Å²) >= 11 is 0. The van der Waals surface area contributed by atoms with Crippen molar-refractivity contribution in [3.05, 3.63) is 29.8 Å². The molecule has 1 aromatic carbocycles. The summed E-state index contributed by atoms with van der Waals surface area (Å²) < 4.78 is 0. The van der Waals surface area contributed by atoms with Crippen molar-refractivity contribution >= 4 is 11.5 Å². The molecule has 5 heteroatoms. The lowest BCUT2D eigenvalue weighted by Crippen LogP contribution is -2.41. The highest BCUT2D eigenvalue weighted by Gasteiger charge is 2.17. The van der Waals surface area contributed by atoms with E-state index in [9.17, 15) is 0 Å². The SMILES string of the molecule is CCN(c1ccccc1/C(N)=N/O)C(C)CN(C)C. The largest absolute Gasteiger partial charge is 0.409 e. The Morgan fingerprint density at radius 1 is 1.37 bits per heavy atom. The normalized spacial score (nSPS) is 13.6. The Labute approximate surface area is 115 Å². The molecule has 0 aromatic heterocycles. The maximum absolute atomic E-state index is 8.89. The second-order valence-corrected chi connectivity index (χ2v) is 4.90. The number of hydrogen-bond acceptors (Lipinski definition) is 4. The Kier molecular flexibility index (Phi) is 5.63. The third kappa shape index (κ3) is 3.86. The molecule has 0 radical (unpaired) electrons. The van der Waals surface area contributed by atoms with Crippen LogP contribution in [-0.2, 0) is 0 Å². The molecule has 1 rings (SSSR count). The van der Waals surface area contributed by atoms with Crippen LogP contribution in [0.3, 0.4) is 0 Å². The quantitative estimate of drug-likeness (QED) is 0.354. The van der Waals surface area contributed by atoms with Gasteiger partial charge in [0.15, 0.2) is 5.84 Å². The number of nitrogens with zero attached hydrogens (tertiary/aromatic N) is 3. The summed E-state index contributed by atoms with van der Waals surface area (Å²) in [4.78, 5) is 4.41. The Balaban J connectivity index is 3.11. The van der Waals surface area contributed by atoms with Gasteiger partial charge in [0.2, 0.25) is 0 Å². The fourth-order valence-electron chi connectivity index (χ4n) is 2.34. The number of hydrogen-bond donors (Lipinski definition) is 2. The van der Waals surface area contributed by atoms with Gasteiger partial charge in [0.25, 0.3) is 0 Å². The zero-order valence-corrected chi connectivity index (χ0v) is 12.2. The van der Waals surface area contributed by atoms with Gasteiger partial charge in [-0.15, -0.1) is 0 Å². The summed E-state index contributed by atoms with van der Waals surface area (Å²) in [5.41, 5.74) is 7.51. The Morgan fingerprint density at radius 2 is 2.00 bits per heavy atom. The van der Waals surface area contributed by atoms with Crippen molar-refractivity contribution in [3.63, 3.8) is 0 Å². The Bertz CT molecular complexity index is 431. The molecule has 106 valence electrons. The zero-order chi connectivity index (χ0) is 14.4. The van der Waals surface area contributed by atoms with E-state index in [1.165, 1.54) is 0 Å².